The quantitative estimate of drug-likeness (QED) is 0.768. The second kappa shape index (κ2) is 8.49. The standard InChI is InChI=1S/C14H19ClN2O4/c1-3-6-17(9-14(19)20)8-13(18)16-11-7-10(15)4-5-12(11)21-2/h4-5,7H,3,6,8-9H2,1-2H3,(H,16,18)(H,19,20). The van der Waals surface area contributed by atoms with Crippen LogP contribution in [-0.4, -0.2) is 48.6 Å². The van der Waals surface area contributed by atoms with E-state index in [0.717, 1.165) is 6.42 Å². The van der Waals surface area contributed by atoms with E-state index in [0.29, 0.717) is 23.0 Å². The van der Waals surface area contributed by atoms with Crippen LogP contribution in [0.15, 0.2) is 18.2 Å². The number of hydrogen-bond donors (Lipinski definition) is 2. The van der Waals surface area contributed by atoms with Gasteiger partial charge in [0, 0.05) is 5.02 Å². The number of nitrogens with zero attached hydrogens (tertiary/aromatic N) is 1. The van der Waals surface area contributed by atoms with Crippen LogP contribution >= 0.6 is 11.6 Å². The smallest absolute Gasteiger partial charge is 0.317 e. The summed E-state index contributed by atoms with van der Waals surface area (Å²) >= 11 is 5.89. The van der Waals surface area contributed by atoms with Crippen LogP contribution in [0.1, 0.15) is 13.3 Å². The Morgan fingerprint density at radius 3 is 2.67 bits per heavy atom. The van der Waals surface area contributed by atoms with Crippen LogP contribution in [-0.2, 0) is 9.59 Å². The highest BCUT2D eigenvalue weighted by atomic mass is 35.5. The molecule has 21 heavy (non-hydrogen) atoms. The van der Waals surface area contributed by atoms with E-state index in [1.54, 1.807) is 23.1 Å². The minimum atomic E-state index is -0.961. The zero-order valence-electron chi connectivity index (χ0n) is 12.1. The van der Waals surface area contributed by atoms with Gasteiger partial charge >= 0.3 is 5.97 Å². The van der Waals surface area contributed by atoms with Gasteiger partial charge in [-0.15, -0.1) is 0 Å². The third kappa shape index (κ3) is 6.01. The number of ether oxygens (including phenoxy) is 1. The maximum Gasteiger partial charge on any atom is 0.317 e. The molecule has 116 valence electrons. The number of carbonyl (C=O) groups excluding carboxylic acids is 1. The van der Waals surface area contributed by atoms with Crippen LogP contribution in [0.3, 0.4) is 0 Å². The third-order valence-electron chi connectivity index (χ3n) is 2.70. The normalized spacial score (nSPS) is 10.5. The fourth-order valence-electron chi connectivity index (χ4n) is 1.89. The number of methoxy groups -OCH3 is 1. The van der Waals surface area contributed by atoms with Gasteiger partial charge in [-0.3, -0.25) is 14.5 Å². The van der Waals surface area contributed by atoms with Gasteiger partial charge in [-0.05, 0) is 31.2 Å². The highest BCUT2D eigenvalue weighted by molar-refractivity contribution is 6.31. The monoisotopic (exact) mass is 314 g/mol. The molecule has 0 aliphatic rings. The molecule has 0 saturated heterocycles. The molecular weight excluding hydrogens is 296 g/mol. The van der Waals surface area contributed by atoms with Gasteiger partial charge in [-0.2, -0.15) is 0 Å². The molecule has 0 fully saturated rings. The van der Waals surface area contributed by atoms with Gasteiger partial charge in [0.2, 0.25) is 5.91 Å². The van der Waals surface area contributed by atoms with Gasteiger partial charge in [-0.1, -0.05) is 18.5 Å². The second-order valence-electron chi connectivity index (χ2n) is 4.50. The third-order valence-corrected chi connectivity index (χ3v) is 2.94. The number of rotatable bonds is 8. The SMILES string of the molecule is CCCN(CC(=O)O)CC(=O)Nc1cc(Cl)ccc1OC. The van der Waals surface area contributed by atoms with E-state index in [1.165, 1.54) is 7.11 Å². The molecule has 0 aliphatic carbocycles. The highest BCUT2D eigenvalue weighted by Gasteiger charge is 2.15. The Morgan fingerprint density at radius 2 is 2.10 bits per heavy atom. The molecule has 0 radical (unpaired) electrons. The van der Waals surface area contributed by atoms with Crippen molar-refractivity contribution in [2.24, 2.45) is 0 Å². The molecule has 0 saturated carbocycles. The van der Waals surface area contributed by atoms with Crippen molar-refractivity contribution in [2.45, 2.75) is 13.3 Å². The lowest BCUT2D eigenvalue weighted by Crippen LogP contribution is -2.37. The molecule has 1 aromatic rings. The summed E-state index contributed by atoms with van der Waals surface area (Å²) in [6.07, 6.45) is 0.765. The van der Waals surface area contributed by atoms with E-state index in [2.05, 4.69) is 5.32 Å². The molecule has 1 aromatic carbocycles. The Hall–Kier alpha value is -1.79. The van der Waals surface area contributed by atoms with Crippen molar-refractivity contribution in [2.75, 3.05) is 32.1 Å². The van der Waals surface area contributed by atoms with E-state index < -0.39 is 5.97 Å². The second-order valence-corrected chi connectivity index (χ2v) is 4.93. The van der Waals surface area contributed by atoms with Gasteiger partial charge in [0.15, 0.2) is 0 Å². The summed E-state index contributed by atoms with van der Waals surface area (Å²) in [5, 5.41) is 12.0. The molecule has 0 spiro atoms. The number of anilines is 1. The summed E-state index contributed by atoms with van der Waals surface area (Å²) < 4.78 is 5.14. The Bertz CT molecular complexity index is 508. The molecule has 2 N–H and O–H groups in total. The molecule has 0 unspecified atom stereocenters. The molecule has 1 rings (SSSR count). The molecule has 0 aromatic heterocycles. The minimum Gasteiger partial charge on any atom is -0.495 e. The van der Waals surface area contributed by atoms with Gasteiger partial charge in [0.1, 0.15) is 5.75 Å². The predicted octanol–water partition coefficient (Wildman–Crippen LogP) is 2.08. The first-order valence-corrected chi connectivity index (χ1v) is 6.91. The van der Waals surface area contributed by atoms with Crippen molar-refractivity contribution in [1.82, 2.24) is 4.90 Å². The zero-order chi connectivity index (χ0) is 15.8. The molecule has 0 aliphatic heterocycles. The fraction of sp³-hybridized carbons (Fsp3) is 0.429. The van der Waals surface area contributed by atoms with Gasteiger partial charge in [-0.25, -0.2) is 0 Å². The number of aliphatic carboxylic acids is 1. The molecule has 1 amide bonds. The number of nitrogens with one attached hydrogen (secondary N) is 1. The van der Waals surface area contributed by atoms with Crippen molar-refractivity contribution in [1.29, 1.82) is 0 Å². The maximum absolute atomic E-state index is 12.0. The summed E-state index contributed by atoms with van der Waals surface area (Å²) in [5.74, 6) is -0.783. The summed E-state index contributed by atoms with van der Waals surface area (Å²) in [4.78, 5) is 24.3. The molecule has 6 nitrogen and oxygen atoms in total. The Balaban J connectivity index is 2.71. The van der Waals surface area contributed by atoms with Crippen LogP contribution < -0.4 is 10.1 Å². The number of benzene rings is 1. The van der Waals surface area contributed by atoms with Crippen LogP contribution in [0.5, 0.6) is 5.75 Å². The number of amides is 1. The Kier molecular flexibility index (Phi) is 6.98. The summed E-state index contributed by atoms with van der Waals surface area (Å²) in [6.45, 7) is 2.28. The largest absolute Gasteiger partial charge is 0.495 e. The van der Waals surface area contributed by atoms with Crippen LogP contribution in [0.25, 0.3) is 0 Å². The van der Waals surface area contributed by atoms with Gasteiger partial charge in [0.25, 0.3) is 0 Å². The van der Waals surface area contributed by atoms with Gasteiger partial charge in [0.05, 0.1) is 25.9 Å². The van der Waals surface area contributed by atoms with Crippen molar-refractivity contribution < 1.29 is 19.4 Å². The highest BCUT2D eigenvalue weighted by Crippen LogP contribution is 2.27. The molecule has 7 heteroatoms. The number of carboxylic acids is 1. The summed E-state index contributed by atoms with van der Waals surface area (Å²) in [6, 6.07) is 4.89. The number of carbonyl (C=O) groups is 2. The fourth-order valence-corrected chi connectivity index (χ4v) is 2.06. The maximum atomic E-state index is 12.0. The summed E-state index contributed by atoms with van der Waals surface area (Å²) in [7, 11) is 1.49. The molecule has 0 bridgehead atoms. The lowest BCUT2D eigenvalue weighted by Gasteiger charge is -2.19. The number of halogens is 1. The average molecular weight is 315 g/mol. The van der Waals surface area contributed by atoms with E-state index >= 15 is 0 Å². The molecule has 0 heterocycles. The number of carboxylic acid groups (broad SMARTS) is 1. The first-order valence-electron chi connectivity index (χ1n) is 6.53. The first kappa shape index (κ1) is 17.3. The number of hydrogen-bond acceptors (Lipinski definition) is 4. The van der Waals surface area contributed by atoms with Crippen molar-refractivity contribution in [3.05, 3.63) is 23.2 Å². The topological polar surface area (TPSA) is 78.9 Å². The van der Waals surface area contributed by atoms with Crippen molar-refractivity contribution in [3.63, 3.8) is 0 Å². The summed E-state index contributed by atoms with van der Waals surface area (Å²) in [5.41, 5.74) is 0.460. The van der Waals surface area contributed by atoms with E-state index in [1.807, 2.05) is 6.92 Å². The van der Waals surface area contributed by atoms with Crippen LogP contribution in [0, 0.1) is 0 Å². The van der Waals surface area contributed by atoms with E-state index in [4.69, 9.17) is 21.4 Å². The minimum absolute atomic E-state index is 0.00416. The zero-order valence-corrected chi connectivity index (χ0v) is 12.8. The molecular formula is C14H19ClN2O4. The Labute approximate surface area is 128 Å². The van der Waals surface area contributed by atoms with Gasteiger partial charge < -0.3 is 15.2 Å². The lowest BCUT2D eigenvalue weighted by atomic mass is 10.3. The van der Waals surface area contributed by atoms with Crippen molar-refractivity contribution >= 4 is 29.2 Å². The predicted molar refractivity (Wildman–Crippen MR) is 81.0 cm³/mol. The average Bonchev–Trinajstić information content (AvgIpc) is 2.38. The van der Waals surface area contributed by atoms with Crippen LogP contribution in [0.2, 0.25) is 5.02 Å². The Morgan fingerprint density at radius 1 is 1.38 bits per heavy atom. The van der Waals surface area contributed by atoms with Crippen molar-refractivity contribution in [3.8, 4) is 5.75 Å². The van der Waals surface area contributed by atoms with E-state index in [9.17, 15) is 9.59 Å². The first-order chi connectivity index (χ1) is 9.96. The molecule has 0 atom stereocenters. The van der Waals surface area contributed by atoms with Crippen LogP contribution in [0.4, 0.5) is 5.69 Å². The lowest BCUT2D eigenvalue weighted by molar-refractivity contribution is -0.138. The van der Waals surface area contributed by atoms with E-state index in [-0.39, 0.29) is 19.0 Å².